The number of likely N-dealkylation sites (tertiary alicyclic amines) is 1. The van der Waals surface area contributed by atoms with E-state index in [2.05, 4.69) is 0 Å². The van der Waals surface area contributed by atoms with Crippen molar-refractivity contribution >= 4 is 11.9 Å². The van der Waals surface area contributed by atoms with Gasteiger partial charge in [0.05, 0.1) is 11.5 Å². The molecule has 0 aliphatic carbocycles. The molecule has 0 aromatic carbocycles. The third-order valence-corrected chi connectivity index (χ3v) is 4.17. The molecule has 5 nitrogen and oxygen atoms in total. The second kappa shape index (κ2) is 5.69. The number of carboxylic acids is 1. The van der Waals surface area contributed by atoms with Crippen LogP contribution < -0.4 is 5.73 Å². The number of aliphatic carboxylic acids is 1. The minimum absolute atomic E-state index is 0.0555. The van der Waals surface area contributed by atoms with Gasteiger partial charge in [-0.3, -0.25) is 9.59 Å². The zero-order chi connectivity index (χ0) is 13.9. The first-order valence-electron chi connectivity index (χ1n) is 6.62. The molecule has 18 heavy (non-hydrogen) atoms. The lowest BCUT2D eigenvalue weighted by atomic mass is 9.76. The monoisotopic (exact) mass is 256 g/mol. The number of hydrogen-bond donors (Lipinski definition) is 2. The van der Waals surface area contributed by atoms with E-state index in [9.17, 15) is 14.7 Å². The third-order valence-electron chi connectivity index (χ3n) is 4.17. The van der Waals surface area contributed by atoms with Gasteiger partial charge in [0.1, 0.15) is 0 Å². The molecule has 5 heteroatoms. The van der Waals surface area contributed by atoms with Crippen LogP contribution in [0.1, 0.15) is 40.0 Å². The zero-order valence-corrected chi connectivity index (χ0v) is 11.5. The number of nitrogens with zero attached hydrogens (tertiary/aromatic N) is 1. The van der Waals surface area contributed by atoms with E-state index in [0.29, 0.717) is 32.4 Å². The summed E-state index contributed by atoms with van der Waals surface area (Å²) in [6.45, 7) is 6.73. The Morgan fingerprint density at radius 3 is 2.17 bits per heavy atom. The molecular weight excluding hydrogens is 232 g/mol. The molecule has 3 N–H and O–H groups in total. The molecule has 0 saturated carbocycles. The van der Waals surface area contributed by atoms with Crippen molar-refractivity contribution in [2.45, 2.75) is 46.1 Å². The topological polar surface area (TPSA) is 83.6 Å². The lowest BCUT2D eigenvalue weighted by molar-refractivity contribution is -0.155. The van der Waals surface area contributed by atoms with E-state index in [1.54, 1.807) is 4.90 Å². The molecule has 0 unspecified atom stereocenters. The van der Waals surface area contributed by atoms with Crippen LogP contribution in [0.15, 0.2) is 0 Å². The fraction of sp³-hybridized carbons (Fsp3) is 0.846. The molecular formula is C13H24N2O3. The van der Waals surface area contributed by atoms with Gasteiger partial charge in [0.15, 0.2) is 0 Å². The van der Waals surface area contributed by atoms with Crippen molar-refractivity contribution in [2.75, 3.05) is 13.1 Å². The third kappa shape index (κ3) is 2.83. The summed E-state index contributed by atoms with van der Waals surface area (Å²) < 4.78 is 0. The van der Waals surface area contributed by atoms with E-state index < -0.39 is 17.4 Å². The Morgan fingerprint density at radius 2 is 1.83 bits per heavy atom. The Labute approximate surface area is 108 Å². The number of hydrogen-bond acceptors (Lipinski definition) is 3. The van der Waals surface area contributed by atoms with E-state index in [1.165, 1.54) is 0 Å². The summed E-state index contributed by atoms with van der Waals surface area (Å²) in [6, 6.07) is -0.482. The predicted molar refractivity (Wildman–Crippen MR) is 69.0 cm³/mol. The number of carbonyl (C=O) groups is 2. The van der Waals surface area contributed by atoms with Crippen LogP contribution >= 0.6 is 0 Å². The standard InChI is InChI=1S/C13H24N2O3/c1-4-13(12(17)18)5-7-15(8-6-13)11(16)10(14)9(2)3/h9-10H,4-8,14H2,1-3H3,(H,17,18)/t10-/m0/s1. The first-order valence-corrected chi connectivity index (χ1v) is 6.62. The van der Waals surface area contributed by atoms with Crippen molar-refractivity contribution in [3.8, 4) is 0 Å². The second-order valence-electron chi connectivity index (χ2n) is 5.53. The Balaban J connectivity index is 2.64. The van der Waals surface area contributed by atoms with Gasteiger partial charge in [0.25, 0.3) is 0 Å². The molecule has 0 aromatic heterocycles. The summed E-state index contributed by atoms with van der Waals surface area (Å²) in [5.41, 5.74) is 5.19. The molecule has 0 bridgehead atoms. The van der Waals surface area contributed by atoms with E-state index in [4.69, 9.17) is 5.73 Å². The van der Waals surface area contributed by atoms with Crippen LogP contribution in [0.4, 0.5) is 0 Å². The maximum absolute atomic E-state index is 12.1. The number of carbonyl (C=O) groups excluding carboxylic acids is 1. The Morgan fingerprint density at radius 1 is 1.33 bits per heavy atom. The molecule has 104 valence electrons. The number of piperidine rings is 1. The predicted octanol–water partition coefficient (Wildman–Crippen LogP) is 1.07. The van der Waals surface area contributed by atoms with Crippen LogP contribution in [-0.2, 0) is 9.59 Å². The van der Waals surface area contributed by atoms with Crippen molar-refractivity contribution in [3.63, 3.8) is 0 Å². The minimum atomic E-state index is -0.745. The molecule has 1 heterocycles. The molecule has 1 fully saturated rings. The van der Waals surface area contributed by atoms with Crippen LogP contribution in [0.2, 0.25) is 0 Å². The van der Waals surface area contributed by atoms with Crippen LogP contribution in [0.3, 0.4) is 0 Å². The highest BCUT2D eigenvalue weighted by atomic mass is 16.4. The summed E-state index contributed by atoms with van der Waals surface area (Å²) >= 11 is 0. The summed E-state index contributed by atoms with van der Waals surface area (Å²) in [6.07, 6.45) is 1.66. The van der Waals surface area contributed by atoms with E-state index >= 15 is 0 Å². The van der Waals surface area contributed by atoms with Crippen LogP contribution in [0.5, 0.6) is 0 Å². The summed E-state index contributed by atoms with van der Waals surface area (Å²) in [5, 5.41) is 9.28. The van der Waals surface area contributed by atoms with Crippen LogP contribution in [0.25, 0.3) is 0 Å². The van der Waals surface area contributed by atoms with Gasteiger partial charge in [-0.25, -0.2) is 0 Å². The quantitative estimate of drug-likeness (QED) is 0.788. The van der Waals surface area contributed by atoms with Crippen molar-refractivity contribution < 1.29 is 14.7 Å². The normalized spacial score (nSPS) is 20.8. The Hall–Kier alpha value is -1.10. The SMILES string of the molecule is CCC1(C(=O)O)CCN(C(=O)[C@@H](N)C(C)C)CC1. The Kier molecular flexibility index (Phi) is 4.73. The summed E-state index contributed by atoms with van der Waals surface area (Å²) in [7, 11) is 0. The maximum atomic E-state index is 12.1. The highest BCUT2D eigenvalue weighted by Gasteiger charge is 2.41. The first-order chi connectivity index (χ1) is 8.34. The average Bonchev–Trinajstić information content (AvgIpc) is 2.36. The van der Waals surface area contributed by atoms with Gasteiger partial charge in [0.2, 0.25) is 5.91 Å². The summed E-state index contributed by atoms with van der Waals surface area (Å²) in [5.74, 6) is -0.694. The summed E-state index contributed by atoms with van der Waals surface area (Å²) in [4.78, 5) is 25.1. The number of amides is 1. The molecule has 0 spiro atoms. The van der Waals surface area contributed by atoms with Gasteiger partial charge in [-0.2, -0.15) is 0 Å². The molecule has 1 amide bonds. The number of rotatable bonds is 4. The highest BCUT2D eigenvalue weighted by Crippen LogP contribution is 2.35. The molecule has 1 aliphatic rings. The van der Waals surface area contributed by atoms with E-state index in [-0.39, 0.29) is 11.8 Å². The smallest absolute Gasteiger partial charge is 0.309 e. The van der Waals surface area contributed by atoms with E-state index in [0.717, 1.165) is 0 Å². The minimum Gasteiger partial charge on any atom is -0.481 e. The lowest BCUT2D eigenvalue weighted by Crippen LogP contribution is -2.52. The second-order valence-corrected chi connectivity index (χ2v) is 5.53. The largest absolute Gasteiger partial charge is 0.481 e. The van der Waals surface area contributed by atoms with Gasteiger partial charge in [0, 0.05) is 13.1 Å². The molecule has 1 saturated heterocycles. The van der Waals surface area contributed by atoms with Gasteiger partial charge < -0.3 is 15.7 Å². The Bertz CT molecular complexity index is 320. The van der Waals surface area contributed by atoms with Crippen molar-refractivity contribution in [3.05, 3.63) is 0 Å². The van der Waals surface area contributed by atoms with Crippen LogP contribution in [-0.4, -0.2) is 41.0 Å². The molecule has 1 rings (SSSR count). The van der Waals surface area contributed by atoms with E-state index in [1.807, 2.05) is 20.8 Å². The number of carboxylic acid groups (broad SMARTS) is 1. The fourth-order valence-corrected chi connectivity index (χ4v) is 2.37. The zero-order valence-electron chi connectivity index (χ0n) is 11.5. The first kappa shape index (κ1) is 15.0. The molecule has 1 aliphatic heterocycles. The van der Waals surface area contributed by atoms with Crippen molar-refractivity contribution in [2.24, 2.45) is 17.1 Å². The average molecular weight is 256 g/mol. The molecule has 1 atom stereocenters. The molecule has 0 aromatic rings. The van der Waals surface area contributed by atoms with Gasteiger partial charge >= 0.3 is 5.97 Å². The van der Waals surface area contributed by atoms with Gasteiger partial charge in [-0.05, 0) is 25.2 Å². The number of nitrogens with two attached hydrogens (primary N) is 1. The van der Waals surface area contributed by atoms with Gasteiger partial charge in [-0.1, -0.05) is 20.8 Å². The lowest BCUT2D eigenvalue weighted by Gasteiger charge is -2.39. The van der Waals surface area contributed by atoms with Gasteiger partial charge in [-0.15, -0.1) is 0 Å². The fourth-order valence-electron chi connectivity index (χ4n) is 2.37. The van der Waals surface area contributed by atoms with Crippen molar-refractivity contribution in [1.82, 2.24) is 4.90 Å². The highest BCUT2D eigenvalue weighted by molar-refractivity contribution is 5.82. The van der Waals surface area contributed by atoms with Crippen LogP contribution in [0, 0.1) is 11.3 Å². The van der Waals surface area contributed by atoms with Crippen molar-refractivity contribution in [1.29, 1.82) is 0 Å². The molecule has 0 radical (unpaired) electrons. The maximum Gasteiger partial charge on any atom is 0.309 e.